The van der Waals surface area contributed by atoms with E-state index >= 15 is 0 Å². The summed E-state index contributed by atoms with van der Waals surface area (Å²) in [6.45, 7) is 7.16. The molecule has 1 aromatic rings. The van der Waals surface area contributed by atoms with Crippen molar-refractivity contribution in [1.82, 2.24) is 4.90 Å². The van der Waals surface area contributed by atoms with Crippen LogP contribution in [-0.2, 0) is 9.53 Å². The smallest absolute Gasteiger partial charge is 0.227 e. The van der Waals surface area contributed by atoms with Crippen LogP contribution in [0.1, 0.15) is 32.4 Å². The fourth-order valence-corrected chi connectivity index (χ4v) is 2.59. The van der Waals surface area contributed by atoms with E-state index in [-0.39, 0.29) is 30.0 Å². The van der Waals surface area contributed by atoms with Crippen molar-refractivity contribution in [1.29, 1.82) is 0 Å². The Morgan fingerprint density at radius 2 is 2.00 bits per heavy atom. The minimum absolute atomic E-state index is 0.0929. The zero-order valence-electron chi connectivity index (χ0n) is 12.5. The first-order chi connectivity index (χ1) is 9.50. The van der Waals surface area contributed by atoms with Gasteiger partial charge in [0, 0.05) is 12.6 Å². The quantitative estimate of drug-likeness (QED) is 0.918. The van der Waals surface area contributed by atoms with Crippen molar-refractivity contribution in [3.63, 3.8) is 0 Å². The maximum Gasteiger partial charge on any atom is 0.227 e. The molecule has 1 aliphatic heterocycles. The van der Waals surface area contributed by atoms with E-state index in [4.69, 9.17) is 10.5 Å². The second kappa shape index (κ2) is 6.37. The van der Waals surface area contributed by atoms with Crippen LogP contribution in [0.5, 0.6) is 0 Å². The number of nitrogens with two attached hydrogens (primary N) is 1. The SMILES string of the molecule is C[C@@H]1CN(C(=O)[C@H](C)[C@H](N)c2ccccc2)[C@@H](C)CO1. The van der Waals surface area contributed by atoms with Crippen molar-refractivity contribution in [2.75, 3.05) is 13.2 Å². The van der Waals surface area contributed by atoms with E-state index in [1.54, 1.807) is 0 Å². The predicted molar refractivity (Wildman–Crippen MR) is 79.1 cm³/mol. The molecule has 4 nitrogen and oxygen atoms in total. The van der Waals surface area contributed by atoms with Crippen LogP contribution in [0.25, 0.3) is 0 Å². The van der Waals surface area contributed by atoms with Gasteiger partial charge in [-0.3, -0.25) is 4.79 Å². The Morgan fingerprint density at radius 1 is 1.35 bits per heavy atom. The van der Waals surface area contributed by atoms with E-state index in [9.17, 15) is 4.79 Å². The number of carbonyl (C=O) groups is 1. The van der Waals surface area contributed by atoms with E-state index in [1.807, 2.05) is 56.0 Å². The molecule has 20 heavy (non-hydrogen) atoms. The largest absolute Gasteiger partial charge is 0.375 e. The topological polar surface area (TPSA) is 55.6 Å². The lowest BCUT2D eigenvalue weighted by Gasteiger charge is -2.39. The average Bonchev–Trinajstić information content (AvgIpc) is 2.48. The molecule has 1 heterocycles. The van der Waals surface area contributed by atoms with Gasteiger partial charge in [-0.15, -0.1) is 0 Å². The fraction of sp³-hybridized carbons (Fsp3) is 0.562. The molecule has 2 N–H and O–H groups in total. The lowest BCUT2D eigenvalue weighted by atomic mass is 9.93. The lowest BCUT2D eigenvalue weighted by molar-refractivity contribution is -0.147. The summed E-state index contributed by atoms with van der Waals surface area (Å²) in [5.41, 5.74) is 7.25. The van der Waals surface area contributed by atoms with Gasteiger partial charge in [-0.05, 0) is 19.4 Å². The van der Waals surface area contributed by atoms with Crippen LogP contribution >= 0.6 is 0 Å². The van der Waals surface area contributed by atoms with Crippen LogP contribution < -0.4 is 5.73 Å². The Morgan fingerprint density at radius 3 is 2.65 bits per heavy atom. The highest BCUT2D eigenvalue weighted by molar-refractivity contribution is 5.80. The Labute approximate surface area is 120 Å². The molecule has 0 bridgehead atoms. The van der Waals surface area contributed by atoms with Gasteiger partial charge >= 0.3 is 0 Å². The summed E-state index contributed by atoms with van der Waals surface area (Å²) >= 11 is 0. The summed E-state index contributed by atoms with van der Waals surface area (Å²) in [4.78, 5) is 14.6. The van der Waals surface area contributed by atoms with Crippen LogP contribution in [0, 0.1) is 5.92 Å². The van der Waals surface area contributed by atoms with Gasteiger partial charge in [0.25, 0.3) is 0 Å². The molecule has 4 atom stereocenters. The standard InChI is InChI=1S/C16H24N2O2/c1-11-10-20-12(2)9-18(11)16(19)13(3)15(17)14-7-5-4-6-8-14/h4-8,11-13,15H,9-10,17H2,1-3H3/t11-,12+,13+,15-/m0/s1. The molecule has 0 unspecified atom stereocenters. The number of hydrogen-bond acceptors (Lipinski definition) is 3. The first-order valence-electron chi connectivity index (χ1n) is 7.23. The van der Waals surface area contributed by atoms with Crippen molar-refractivity contribution in [2.24, 2.45) is 11.7 Å². The summed E-state index contributed by atoms with van der Waals surface area (Å²) in [7, 11) is 0. The van der Waals surface area contributed by atoms with Gasteiger partial charge in [-0.2, -0.15) is 0 Å². The molecule has 1 aliphatic rings. The normalized spacial score (nSPS) is 26.1. The first kappa shape index (κ1) is 15.0. The number of amides is 1. The molecule has 1 amide bonds. The molecule has 1 aromatic carbocycles. The van der Waals surface area contributed by atoms with Gasteiger partial charge in [-0.25, -0.2) is 0 Å². The average molecular weight is 276 g/mol. The van der Waals surface area contributed by atoms with Crippen molar-refractivity contribution >= 4 is 5.91 Å². The number of ether oxygens (including phenoxy) is 1. The third-order valence-electron chi connectivity index (χ3n) is 4.00. The van der Waals surface area contributed by atoms with E-state index in [0.717, 1.165) is 5.56 Å². The summed E-state index contributed by atoms with van der Waals surface area (Å²) in [6, 6.07) is 9.64. The van der Waals surface area contributed by atoms with E-state index < -0.39 is 0 Å². The van der Waals surface area contributed by atoms with Gasteiger partial charge in [0.05, 0.1) is 24.7 Å². The molecule has 1 saturated heterocycles. The van der Waals surface area contributed by atoms with Gasteiger partial charge in [-0.1, -0.05) is 37.3 Å². The minimum atomic E-state index is -0.269. The monoisotopic (exact) mass is 276 g/mol. The van der Waals surface area contributed by atoms with Crippen LogP contribution in [-0.4, -0.2) is 36.1 Å². The highest BCUT2D eigenvalue weighted by atomic mass is 16.5. The summed E-state index contributed by atoms with van der Waals surface area (Å²) in [6.07, 6.45) is 0.0929. The molecular formula is C16H24N2O2. The predicted octanol–water partition coefficient (Wildman–Crippen LogP) is 1.96. The summed E-state index contributed by atoms with van der Waals surface area (Å²) < 4.78 is 5.57. The maximum atomic E-state index is 12.7. The second-order valence-corrected chi connectivity index (χ2v) is 5.71. The zero-order valence-corrected chi connectivity index (χ0v) is 12.5. The number of benzene rings is 1. The number of rotatable bonds is 3. The van der Waals surface area contributed by atoms with Crippen LogP contribution in [0.3, 0.4) is 0 Å². The summed E-state index contributed by atoms with van der Waals surface area (Å²) in [5, 5.41) is 0. The molecule has 0 aromatic heterocycles. The molecular weight excluding hydrogens is 252 g/mol. The third-order valence-corrected chi connectivity index (χ3v) is 4.00. The Bertz CT molecular complexity index is 449. The Balaban J connectivity index is 2.08. The molecule has 1 fully saturated rings. The second-order valence-electron chi connectivity index (χ2n) is 5.71. The number of hydrogen-bond donors (Lipinski definition) is 1. The molecule has 110 valence electrons. The molecule has 0 aliphatic carbocycles. The van der Waals surface area contributed by atoms with Crippen LogP contribution in [0.2, 0.25) is 0 Å². The van der Waals surface area contributed by atoms with Crippen molar-refractivity contribution in [3.8, 4) is 0 Å². The molecule has 0 saturated carbocycles. The molecule has 0 radical (unpaired) electrons. The zero-order chi connectivity index (χ0) is 14.7. The lowest BCUT2D eigenvalue weighted by Crippen LogP contribution is -2.52. The van der Waals surface area contributed by atoms with E-state index in [1.165, 1.54) is 0 Å². The number of nitrogens with zero attached hydrogens (tertiary/aromatic N) is 1. The Hall–Kier alpha value is -1.39. The highest BCUT2D eigenvalue weighted by Crippen LogP contribution is 2.23. The van der Waals surface area contributed by atoms with Gasteiger partial charge in [0.1, 0.15) is 0 Å². The summed E-state index contributed by atoms with van der Waals surface area (Å²) in [5.74, 6) is -0.117. The third kappa shape index (κ3) is 3.19. The minimum Gasteiger partial charge on any atom is -0.375 e. The number of morpholine rings is 1. The van der Waals surface area contributed by atoms with Gasteiger partial charge in [0.15, 0.2) is 0 Å². The molecule has 2 rings (SSSR count). The van der Waals surface area contributed by atoms with E-state index in [2.05, 4.69) is 0 Å². The Kier molecular flexibility index (Phi) is 4.78. The van der Waals surface area contributed by atoms with Crippen molar-refractivity contribution < 1.29 is 9.53 Å². The van der Waals surface area contributed by atoms with E-state index in [0.29, 0.717) is 13.2 Å². The van der Waals surface area contributed by atoms with Crippen molar-refractivity contribution in [2.45, 2.75) is 39.0 Å². The van der Waals surface area contributed by atoms with Crippen LogP contribution in [0.15, 0.2) is 30.3 Å². The maximum absolute atomic E-state index is 12.7. The highest BCUT2D eigenvalue weighted by Gasteiger charge is 2.32. The van der Waals surface area contributed by atoms with Gasteiger partial charge < -0.3 is 15.4 Å². The van der Waals surface area contributed by atoms with Crippen molar-refractivity contribution in [3.05, 3.63) is 35.9 Å². The molecule has 4 heteroatoms. The first-order valence-corrected chi connectivity index (χ1v) is 7.23. The van der Waals surface area contributed by atoms with Gasteiger partial charge in [0.2, 0.25) is 5.91 Å². The number of carbonyl (C=O) groups excluding carboxylic acids is 1. The molecule has 0 spiro atoms. The van der Waals surface area contributed by atoms with Crippen LogP contribution in [0.4, 0.5) is 0 Å². The fourth-order valence-electron chi connectivity index (χ4n) is 2.59.